The first-order valence-corrected chi connectivity index (χ1v) is 10.8. The summed E-state index contributed by atoms with van der Waals surface area (Å²) < 4.78 is 32.6. The Morgan fingerprint density at radius 3 is 2.25 bits per heavy atom. The second-order valence-electron chi connectivity index (χ2n) is 6.74. The zero-order valence-electron chi connectivity index (χ0n) is 15.4. The minimum Gasteiger partial charge on any atom is -0.419 e. The van der Waals surface area contributed by atoms with Crippen molar-refractivity contribution in [1.29, 1.82) is 0 Å². The normalized spacial score (nSPS) is 15.7. The average Bonchev–Trinajstić information content (AvgIpc) is 3.16. The summed E-state index contributed by atoms with van der Waals surface area (Å²) in [6, 6.07) is 15.4. The van der Waals surface area contributed by atoms with Crippen molar-refractivity contribution >= 4 is 27.3 Å². The van der Waals surface area contributed by atoms with Gasteiger partial charge in [-0.1, -0.05) is 29.8 Å². The predicted molar refractivity (Wildman–Crippen MR) is 109 cm³/mol. The maximum Gasteiger partial charge on any atom is 0.236 e. The van der Waals surface area contributed by atoms with Gasteiger partial charge in [0.1, 0.15) is 0 Å². The predicted octanol–water partition coefficient (Wildman–Crippen LogP) is 3.58. The van der Waals surface area contributed by atoms with Gasteiger partial charge < -0.3 is 14.2 Å². The summed E-state index contributed by atoms with van der Waals surface area (Å²) in [5.41, 5.74) is 0.732. The van der Waals surface area contributed by atoms with E-state index >= 15 is 0 Å². The third kappa shape index (κ3) is 3.65. The zero-order valence-corrected chi connectivity index (χ0v) is 16.9. The van der Waals surface area contributed by atoms with Crippen LogP contribution in [0.2, 0.25) is 5.02 Å². The highest BCUT2D eigenvalue weighted by molar-refractivity contribution is 7.91. The Balaban J connectivity index is 1.82. The molecule has 4 rings (SSSR count). The van der Waals surface area contributed by atoms with Gasteiger partial charge in [-0.25, -0.2) is 8.42 Å². The molecule has 8 heteroatoms. The van der Waals surface area contributed by atoms with Gasteiger partial charge in [0.25, 0.3) is 0 Å². The van der Waals surface area contributed by atoms with Gasteiger partial charge in [-0.15, -0.1) is 0 Å². The van der Waals surface area contributed by atoms with Crippen molar-refractivity contribution in [3.8, 4) is 11.5 Å². The Hall–Kier alpha value is -2.35. The summed E-state index contributed by atoms with van der Waals surface area (Å²) in [4.78, 5) is 8.68. The lowest BCUT2D eigenvalue weighted by Crippen LogP contribution is -2.44. The Bertz CT molecular complexity index is 1060. The Kier molecular flexibility index (Phi) is 5.14. The zero-order chi connectivity index (χ0) is 19.7. The lowest BCUT2D eigenvalue weighted by Gasteiger charge is -2.32. The summed E-state index contributed by atoms with van der Waals surface area (Å²) in [6.07, 6.45) is 0. The minimum atomic E-state index is -3.86. The van der Waals surface area contributed by atoms with Crippen LogP contribution in [0.5, 0.6) is 0 Å². The van der Waals surface area contributed by atoms with Gasteiger partial charge in [-0.3, -0.25) is 0 Å². The van der Waals surface area contributed by atoms with Crippen molar-refractivity contribution in [2.45, 2.75) is 9.92 Å². The van der Waals surface area contributed by atoms with Crippen LogP contribution in [0.1, 0.15) is 0 Å². The molecule has 3 aromatic rings. The van der Waals surface area contributed by atoms with Gasteiger partial charge in [-0.05, 0) is 43.4 Å². The quantitative estimate of drug-likeness (QED) is 0.646. The number of halogens is 1. The molecule has 0 atom stereocenters. The van der Waals surface area contributed by atoms with Crippen LogP contribution in [0.25, 0.3) is 11.5 Å². The van der Waals surface area contributed by atoms with E-state index in [4.69, 9.17) is 16.0 Å². The largest absolute Gasteiger partial charge is 0.419 e. The van der Waals surface area contributed by atoms with E-state index in [1.54, 1.807) is 12.1 Å². The van der Waals surface area contributed by atoms with Crippen LogP contribution >= 0.6 is 11.6 Å². The molecule has 0 spiro atoms. The number of hydrogen-bond acceptors (Lipinski definition) is 6. The van der Waals surface area contributed by atoms with Crippen molar-refractivity contribution < 1.29 is 12.8 Å². The fourth-order valence-corrected chi connectivity index (χ4v) is 4.56. The molecule has 0 amide bonds. The standard InChI is InChI=1S/C20H20ClN3O3S/c1-23-11-13-24(14-12-23)20-19(22-18(27-20)15-5-3-2-4-6-15)28(25,26)17-9-7-16(21)8-10-17/h2-10H,11-14H2,1H3. The monoisotopic (exact) mass is 417 g/mol. The van der Waals surface area contributed by atoms with Gasteiger partial charge in [0.2, 0.25) is 26.6 Å². The highest BCUT2D eigenvalue weighted by Gasteiger charge is 2.32. The number of anilines is 1. The van der Waals surface area contributed by atoms with Crippen LogP contribution in [0.15, 0.2) is 68.9 Å². The van der Waals surface area contributed by atoms with E-state index in [0.717, 1.165) is 18.7 Å². The fraction of sp³-hybridized carbons (Fsp3) is 0.250. The molecule has 28 heavy (non-hydrogen) atoms. The van der Waals surface area contributed by atoms with Crippen molar-refractivity contribution in [3.63, 3.8) is 0 Å². The molecule has 1 aliphatic heterocycles. The number of nitrogens with zero attached hydrogens (tertiary/aromatic N) is 3. The van der Waals surface area contributed by atoms with Crippen LogP contribution in [0, 0.1) is 0 Å². The van der Waals surface area contributed by atoms with E-state index in [0.29, 0.717) is 29.9 Å². The second kappa shape index (κ2) is 7.58. The average molecular weight is 418 g/mol. The molecule has 0 saturated carbocycles. The number of sulfone groups is 1. The summed E-state index contributed by atoms with van der Waals surface area (Å²) in [7, 11) is -1.82. The first-order valence-electron chi connectivity index (χ1n) is 8.95. The summed E-state index contributed by atoms with van der Waals surface area (Å²) in [5, 5.41) is 0.418. The van der Waals surface area contributed by atoms with Crippen LogP contribution in [0.3, 0.4) is 0 Å². The van der Waals surface area contributed by atoms with E-state index in [1.807, 2.05) is 42.3 Å². The van der Waals surface area contributed by atoms with Crippen LogP contribution < -0.4 is 4.90 Å². The number of benzene rings is 2. The second-order valence-corrected chi connectivity index (χ2v) is 9.04. The van der Waals surface area contributed by atoms with Gasteiger partial charge in [-0.2, -0.15) is 4.98 Å². The highest BCUT2D eigenvalue weighted by Crippen LogP contribution is 2.35. The SMILES string of the molecule is CN1CCN(c2oc(-c3ccccc3)nc2S(=O)(=O)c2ccc(Cl)cc2)CC1. The van der Waals surface area contributed by atoms with Gasteiger partial charge in [0, 0.05) is 36.8 Å². The lowest BCUT2D eigenvalue weighted by atomic mass is 10.2. The van der Waals surface area contributed by atoms with Crippen molar-refractivity contribution in [3.05, 3.63) is 59.6 Å². The van der Waals surface area contributed by atoms with E-state index in [2.05, 4.69) is 9.88 Å². The Morgan fingerprint density at radius 1 is 0.964 bits per heavy atom. The molecule has 1 aromatic heterocycles. The summed E-state index contributed by atoms with van der Waals surface area (Å²) >= 11 is 5.92. The van der Waals surface area contributed by atoms with E-state index < -0.39 is 9.84 Å². The molecule has 2 aromatic carbocycles. The van der Waals surface area contributed by atoms with Crippen LogP contribution in [0.4, 0.5) is 5.88 Å². The van der Waals surface area contributed by atoms with E-state index in [9.17, 15) is 8.42 Å². The molecule has 2 heterocycles. The van der Waals surface area contributed by atoms with Gasteiger partial charge in [0.05, 0.1) is 4.90 Å². The molecule has 6 nitrogen and oxygen atoms in total. The number of aromatic nitrogens is 1. The first-order chi connectivity index (χ1) is 13.4. The molecule has 0 radical (unpaired) electrons. The minimum absolute atomic E-state index is 0.0572. The smallest absolute Gasteiger partial charge is 0.236 e. The molecule has 1 aliphatic rings. The molecule has 1 fully saturated rings. The number of likely N-dealkylation sites (N-methyl/N-ethyl adjacent to an activating group) is 1. The number of piperazine rings is 1. The lowest BCUT2D eigenvalue weighted by molar-refractivity contribution is 0.305. The third-order valence-corrected chi connectivity index (χ3v) is 6.69. The molecular formula is C20H20ClN3O3S. The Morgan fingerprint density at radius 2 is 1.61 bits per heavy atom. The highest BCUT2D eigenvalue weighted by atomic mass is 35.5. The maximum atomic E-state index is 13.3. The third-order valence-electron chi connectivity index (χ3n) is 4.77. The van der Waals surface area contributed by atoms with Crippen molar-refractivity contribution in [2.24, 2.45) is 0 Å². The molecule has 146 valence electrons. The number of hydrogen-bond donors (Lipinski definition) is 0. The van der Waals surface area contributed by atoms with E-state index in [-0.39, 0.29) is 9.92 Å². The summed E-state index contributed by atoms with van der Waals surface area (Å²) in [6.45, 7) is 2.98. The fourth-order valence-electron chi connectivity index (χ4n) is 3.11. The topological polar surface area (TPSA) is 66.7 Å². The van der Waals surface area contributed by atoms with Gasteiger partial charge >= 0.3 is 0 Å². The molecule has 0 N–H and O–H groups in total. The first kappa shape index (κ1) is 19.0. The van der Waals surface area contributed by atoms with Crippen LogP contribution in [-0.4, -0.2) is 51.5 Å². The van der Waals surface area contributed by atoms with E-state index in [1.165, 1.54) is 12.1 Å². The van der Waals surface area contributed by atoms with Crippen molar-refractivity contribution in [1.82, 2.24) is 9.88 Å². The Labute approximate surface area is 169 Å². The molecule has 0 unspecified atom stereocenters. The van der Waals surface area contributed by atoms with Gasteiger partial charge in [0.15, 0.2) is 0 Å². The maximum absolute atomic E-state index is 13.3. The summed E-state index contributed by atoms with van der Waals surface area (Å²) in [5.74, 6) is 0.587. The van der Waals surface area contributed by atoms with Crippen LogP contribution in [-0.2, 0) is 9.84 Å². The van der Waals surface area contributed by atoms with Crippen molar-refractivity contribution in [2.75, 3.05) is 38.1 Å². The molecule has 0 aliphatic carbocycles. The number of rotatable bonds is 4. The molecular weight excluding hydrogens is 398 g/mol. The molecule has 1 saturated heterocycles. The molecule has 0 bridgehead atoms. The number of oxazole rings is 1.